The summed E-state index contributed by atoms with van der Waals surface area (Å²) in [4.78, 5) is 31.4. The minimum absolute atomic E-state index is 0.0212. The molecule has 9 rings (SSSR count). The van der Waals surface area contributed by atoms with Gasteiger partial charge in [0.15, 0.2) is 22.5 Å². The van der Waals surface area contributed by atoms with Crippen LogP contribution in [0.1, 0.15) is 80.9 Å². The molecule has 1 aromatic carbocycles. The van der Waals surface area contributed by atoms with E-state index < -0.39 is 5.97 Å². The molecule has 4 saturated carbocycles. The number of carboxylic acid groups (broad SMARTS) is 1. The van der Waals surface area contributed by atoms with Crippen LogP contribution in [-0.2, 0) is 4.74 Å². The van der Waals surface area contributed by atoms with Crippen LogP contribution in [0, 0.1) is 23.2 Å². The van der Waals surface area contributed by atoms with E-state index in [2.05, 4.69) is 49.5 Å². The first-order valence-electron chi connectivity index (χ1n) is 19.7. The number of piperazine rings is 1. The fourth-order valence-corrected chi connectivity index (χ4v) is 12.0. The van der Waals surface area contributed by atoms with E-state index in [4.69, 9.17) is 15.5 Å². The van der Waals surface area contributed by atoms with Crippen LogP contribution in [0.3, 0.4) is 0 Å². The number of benzene rings is 1. The van der Waals surface area contributed by atoms with Gasteiger partial charge in [-0.2, -0.15) is 0 Å². The molecule has 1 saturated heterocycles. The quantitative estimate of drug-likeness (QED) is 0.105. The zero-order valence-corrected chi connectivity index (χ0v) is 34.0. The summed E-state index contributed by atoms with van der Waals surface area (Å²) in [5.41, 5.74) is 9.94. The Hall–Kier alpha value is -4.50. The van der Waals surface area contributed by atoms with Gasteiger partial charge in [-0.3, -0.25) is 9.89 Å². The lowest BCUT2D eigenvalue weighted by Crippen LogP contribution is -2.64. The predicted molar refractivity (Wildman–Crippen MR) is 223 cm³/mol. The fourth-order valence-electron chi connectivity index (χ4n) is 11.2. The van der Waals surface area contributed by atoms with E-state index in [0.29, 0.717) is 40.8 Å². The number of aliphatic imine (C=N–C) groups is 1. The second kappa shape index (κ2) is 14.8. The number of anilines is 4. The maximum atomic E-state index is 12.7. The summed E-state index contributed by atoms with van der Waals surface area (Å²) in [6.07, 6.45) is 8.17. The maximum absolute atomic E-state index is 12.7. The molecule has 4 bridgehead atoms. The van der Waals surface area contributed by atoms with Gasteiger partial charge in [0.1, 0.15) is 5.82 Å². The number of fused-ring (bicyclic) bond motifs is 1. The van der Waals surface area contributed by atoms with Gasteiger partial charge in [0, 0.05) is 69.4 Å². The number of allylic oxidation sites excluding steroid dienone is 1. The molecular formula is C42H54N10O3S. The van der Waals surface area contributed by atoms with Gasteiger partial charge in [-0.15, -0.1) is 10.2 Å². The number of nitrogens with zero attached hydrogens (tertiary/aromatic N) is 7. The van der Waals surface area contributed by atoms with Crippen molar-refractivity contribution in [1.29, 1.82) is 0 Å². The third-order valence-electron chi connectivity index (χ3n) is 12.4. The standard InChI is InChI=1S/C42H54N10O3S/c1-27-18-34(49-50-36(27)48-38-46-31-8-6-7-9-32(31)56-38)51(5)33-11-10-29(35(47-33)37(53)54)30(19-43)28(2)45-26-41-21-39(3)20-40(4,22-41)24-42(23-39,25-41)55-17-16-52-14-12-44-13-15-52/h6-11,18-19,44H,12-17,20-26,43H2,1-5H3,(H,53,54)(H,46,48,50)/b30-19+,45-28?. The van der Waals surface area contributed by atoms with Crippen LogP contribution < -0.4 is 21.3 Å². The SMILES string of the molecule is CC(=NCC12CC3(C)CC(C)(C1)CC(OCCN1CCNCC1)(C3)C2)/C(=C\N)c1ccc(N(C)c2cc(C)c(Nc3nc4ccccc4s3)nn2)nc1C(=O)O. The van der Waals surface area contributed by atoms with E-state index in [0.717, 1.165) is 92.3 Å². The Morgan fingerprint density at radius 1 is 1.05 bits per heavy atom. The lowest BCUT2D eigenvalue weighted by molar-refractivity contribution is -0.242. The Morgan fingerprint density at radius 3 is 2.50 bits per heavy atom. The van der Waals surface area contributed by atoms with Crippen molar-refractivity contribution in [3.63, 3.8) is 0 Å². The average molecular weight is 779 g/mol. The van der Waals surface area contributed by atoms with E-state index in [9.17, 15) is 9.90 Å². The van der Waals surface area contributed by atoms with Gasteiger partial charge in [0.05, 0.1) is 22.4 Å². The highest BCUT2D eigenvalue weighted by Crippen LogP contribution is 2.71. The van der Waals surface area contributed by atoms with Crippen molar-refractivity contribution in [3.8, 4) is 0 Å². The number of pyridine rings is 1. The van der Waals surface area contributed by atoms with E-state index >= 15 is 0 Å². The van der Waals surface area contributed by atoms with Gasteiger partial charge in [-0.05, 0) is 105 Å². The first kappa shape index (κ1) is 38.4. The second-order valence-electron chi connectivity index (χ2n) is 17.6. The topological polar surface area (TPSA) is 167 Å². The molecule has 3 aromatic heterocycles. The molecule has 2 unspecified atom stereocenters. The van der Waals surface area contributed by atoms with Crippen LogP contribution in [0.5, 0.6) is 0 Å². The molecule has 4 aromatic rings. The summed E-state index contributed by atoms with van der Waals surface area (Å²) in [6, 6.07) is 13.4. The number of ether oxygens (including phenoxy) is 1. The highest BCUT2D eigenvalue weighted by atomic mass is 32.1. The van der Waals surface area contributed by atoms with Crippen molar-refractivity contribution in [2.75, 3.05) is 63.1 Å². The lowest BCUT2D eigenvalue weighted by atomic mass is 9.39. The van der Waals surface area contributed by atoms with Crippen molar-refractivity contribution in [2.45, 2.75) is 71.8 Å². The number of hydrogen-bond acceptors (Lipinski definition) is 13. The highest BCUT2D eigenvalue weighted by molar-refractivity contribution is 7.22. The fraction of sp³-hybridized carbons (Fsp3) is 0.524. The number of carboxylic acids is 1. The van der Waals surface area contributed by atoms with E-state index in [1.165, 1.54) is 12.6 Å². The smallest absolute Gasteiger partial charge is 0.355 e. The van der Waals surface area contributed by atoms with Crippen LogP contribution in [-0.4, -0.2) is 100 Å². The molecule has 0 spiro atoms. The van der Waals surface area contributed by atoms with Crippen molar-refractivity contribution < 1.29 is 14.6 Å². The molecular weight excluding hydrogens is 725 g/mol. The molecule has 14 heteroatoms. The Labute approximate surface area is 332 Å². The van der Waals surface area contributed by atoms with Gasteiger partial charge in [0.25, 0.3) is 0 Å². The van der Waals surface area contributed by atoms with Crippen LogP contribution in [0.25, 0.3) is 15.8 Å². The number of aromatic nitrogens is 4. The summed E-state index contributed by atoms with van der Waals surface area (Å²) >= 11 is 1.55. The molecule has 2 atom stereocenters. The Kier molecular flexibility index (Phi) is 10.1. The molecule has 0 radical (unpaired) electrons. The number of nitrogens with two attached hydrogens (primary N) is 1. The first-order chi connectivity index (χ1) is 26.8. The lowest BCUT2D eigenvalue weighted by Gasteiger charge is -2.69. The average Bonchev–Trinajstić information content (AvgIpc) is 3.56. The molecule has 5 aliphatic rings. The highest BCUT2D eigenvalue weighted by Gasteiger charge is 2.66. The Morgan fingerprint density at radius 2 is 1.80 bits per heavy atom. The third-order valence-corrected chi connectivity index (χ3v) is 13.4. The molecule has 0 amide bonds. The first-order valence-corrected chi connectivity index (χ1v) is 20.6. The normalized spacial score (nSPS) is 27.9. The number of hydrogen-bond donors (Lipinski definition) is 4. The van der Waals surface area contributed by atoms with Crippen molar-refractivity contribution >= 4 is 61.4 Å². The molecule has 1 aliphatic heterocycles. The number of carbonyl (C=O) groups is 1. The predicted octanol–water partition coefficient (Wildman–Crippen LogP) is 6.80. The molecule has 56 heavy (non-hydrogen) atoms. The maximum Gasteiger partial charge on any atom is 0.355 e. The number of para-hydroxylation sites is 1. The molecule has 4 heterocycles. The van der Waals surface area contributed by atoms with E-state index in [1.54, 1.807) is 35.4 Å². The van der Waals surface area contributed by atoms with Crippen LogP contribution in [0.15, 0.2) is 53.7 Å². The number of aromatic carboxylic acids is 1. The van der Waals surface area contributed by atoms with Gasteiger partial charge in [0.2, 0.25) is 0 Å². The molecule has 5 N–H and O–H groups in total. The van der Waals surface area contributed by atoms with Crippen molar-refractivity contribution in [1.82, 2.24) is 30.4 Å². The third kappa shape index (κ3) is 7.63. The summed E-state index contributed by atoms with van der Waals surface area (Å²) in [6.45, 7) is 15.4. The summed E-state index contributed by atoms with van der Waals surface area (Å²) in [5, 5.41) is 26.7. The van der Waals surface area contributed by atoms with Crippen molar-refractivity contribution in [2.24, 2.45) is 27.0 Å². The molecule has 5 fully saturated rings. The Bertz CT molecular complexity index is 2140. The number of rotatable bonds is 13. The van der Waals surface area contributed by atoms with Gasteiger partial charge >= 0.3 is 5.97 Å². The zero-order valence-electron chi connectivity index (χ0n) is 33.2. The number of aryl methyl sites for hydroxylation is 1. The summed E-state index contributed by atoms with van der Waals surface area (Å²) < 4.78 is 8.04. The summed E-state index contributed by atoms with van der Waals surface area (Å²) in [7, 11) is 1.79. The number of nitrogens with one attached hydrogen (secondary N) is 2. The van der Waals surface area contributed by atoms with Crippen LogP contribution in [0.2, 0.25) is 0 Å². The molecule has 13 nitrogen and oxygen atoms in total. The van der Waals surface area contributed by atoms with Gasteiger partial charge in [-0.1, -0.05) is 37.3 Å². The van der Waals surface area contributed by atoms with Gasteiger partial charge < -0.3 is 31.1 Å². The van der Waals surface area contributed by atoms with E-state index in [-0.39, 0.29) is 27.5 Å². The monoisotopic (exact) mass is 778 g/mol. The van der Waals surface area contributed by atoms with E-state index in [1.807, 2.05) is 44.2 Å². The minimum Gasteiger partial charge on any atom is -0.476 e. The van der Waals surface area contributed by atoms with Gasteiger partial charge in [-0.25, -0.2) is 14.8 Å². The Balaban J connectivity index is 0.985. The zero-order chi connectivity index (χ0) is 39.3. The van der Waals surface area contributed by atoms with Crippen molar-refractivity contribution in [3.05, 3.63) is 65.5 Å². The number of thiazole rings is 1. The summed E-state index contributed by atoms with van der Waals surface area (Å²) in [5.74, 6) is 0.371. The van der Waals surface area contributed by atoms with Crippen LogP contribution in [0.4, 0.5) is 22.6 Å². The minimum atomic E-state index is -1.15. The molecule has 296 valence electrons. The largest absolute Gasteiger partial charge is 0.476 e. The van der Waals surface area contributed by atoms with Crippen LogP contribution >= 0.6 is 11.3 Å². The second-order valence-corrected chi connectivity index (χ2v) is 18.6. The molecule has 4 aliphatic carbocycles.